The largest absolute Gasteiger partial charge is 0.497 e. The molecule has 0 atom stereocenters. The number of anilines is 1. The molecule has 0 unspecified atom stereocenters. The first kappa shape index (κ1) is 22.4. The molecule has 0 aliphatic carbocycles. The second kappa shape index (κ2) is 9.10. The zero-order valence-corrected chi connectivity index (χ0v) is 20.8. The van der Waals surface area contributed by atoms with Crippen LogP contribution in [-0.2, 0) is 0 Å². The van der Waals surface area contributed by atoms with Gasteiger partial charge in [0.15, 0.2) is 10.8 Å². The lowest BCUT2D eigenvalue weighted by molar-refractivity contribution is 0.0931. The van der Waals surface area contributed by atoms with E-state index >= 15 is 0 Å². The normalized spacial score (nSPS) is 14.5. The number of carbonyl (C=O) groups excluding carboxylic acids is 1. The van der Waals surface area contributed by atoms with Crippen LogP contribution in [-0.4, -0.2) is 46.9 Å². The molecule has 2 aromatic heterocycles. The average molecular weight is 476 g/mol. The van der Waals surface area contributed by atoms with Crippen LogP contribution in [0.25, 0.3) is 16.0 Å². The third-order valence-electron chi connectivity index (χ3n) is 6.56. The van der Waals surface area contributed by atoms with Crippen molar-refractivity contribution >= 4 is 32.7 Å². The minimum atomic E-state index is 0.0109. The highest BCUT2D eigenvalue weighted by Gasteiger charge is 2.25. The molecule has 176 valence electrons. The van der Waals surface area contributed by atoms with Gasteiger partial charge in [0.05, 0.1) is 23.2 Å². The molecular formula is C26H29N5O2S. The highest BCUT2D eigenvalue weighted by atomic mass is 32.1. The summed E-state index contributed by atoms with van der Waals surface area (Å²) in [6.45, 7) is 7.85. The van der Waals surface area contributed by atoms with E-state index in [1.165, 1.54) is 5.56 Å². The van der Waals surface area contributed by atoms with Gasteiger partial charge in [-0.05, 0) is 81.1 Å². The van der Waals surface area contributed by atoms with Gasteiger partial charge in [-0.15, -0.1) is 0 Å². The SMILES string of the molecule is COc1ccc(-n2nc(C)c3sc(N4CCC(NC(=O)c5ccc(C)c(C)c5)CC4)nc32)cc1. The van der Waals surface area contributed by atoms with Crippen LogP contribution in [0.1, 0.15) is 40.0 Å². The number of thiazole rings is 1. The molecule has 7 nitrogen and oxygen atoms in total. The molecule has 5 rings (SSSR count). The van der Waals surface area contributed by atoms with E-state index in [1.54, 1.807) is 18.4 Å². The molecule has 0 saturated carbocycles. The van der Waals surface area contributed by atoms with E-state index in [4.69, 9.17) is 14.8 Å². The van der Waals surface area contributed by atoms with Crippen LogP contribution in [0.5, 0.6) is 5.75 Å². The van der Waals surface area contributed by atoms with Gasteiger partial charge in [-0.2, -0.15) is 10.1 Å². The van der Waals surface area contributed by atoms with Crippen LogP contribution < -0.4 is 15.0 Å². The Morgan fingerprint density at radius 2 is 1.79 bits per heavy atom. The van der Waals surface area contributed by atoms with Gasteiger partial charge in [-0.3, -0.25) is 4.79 Å². The lowest BCUT2D eigenvalue weighted by atomic mass is 10.0. The molecule has 1 amide bonds. The van der Waals surface area contributed by atoms with Crippen LogP contribution in [0, 0.1) is 20.8 Å². The number of methoxy groups -OCH3 is 1. The van der Waals surface area contributed by atoms with Crippen molar-refractivity contribution in [1.29, 1.82) is 0 Å². The Hall–Kier alpha value is -3.39. The minimum Gasteiger partial charge on any atom is -0.497 e. The average Bonchev–Trinajstić information content (AvgIpc) is 3.42. The molecule has 1 saturated heterocycles. The lowest BCUT2D eigenvalue weighted by Crippen LogP contribution is -2.44. The number of hydrogen-bond donors (Lipinski definition) is 1. The monoisotopic (exact) mass is 475 g/mol. The van der Waals surface area contributed by atoms with E-state index in [1.807, 2.05) is 61.0 Å². The van der Waals surface area contributed by atoms with E-state index in [0.717, 1.165) is 69.7 Å². The van der Waals surface area contributed by atoms with Crippen LogP contribution >= 0.6 is 11.3 Å². The number of carbonyl (C=O) groups is 1. The fourth-order valence-corrected chi connectivity index (χ4v) is 5.37. The summed E-state index contributed by atoms with van der Waals surface area (Å²) in [6, 6.07) is 13.9. The summed E-state index contributed by atoms with van der Waals surface area (Å²) >= 11 is 1.69. The smallest absolute Gasteiger partial charge is 0.251 e. The number of rotatable bonds is 5. The Labute approximate surface area is 203 Å². The first-order valence-corrected chi connectivity index (χ1v) is 12.4. The zero-order chi connectivity index (χ0) is 23.8. The number of piperidine rings is 1. The Morgan fingerprint density at radius 1 is 1.06 bits per heavy atom. The van der Waals surface area contributed by atoms with Gasteiger partial charge < -0.3 is 15.0 Å². The van der Waals surface area contributed by atoms with Crippen LogP contribution in [0.2, 0.25) is 0 Å². The third kappa shape index (κ3) is 4.25. The van der Waals surface area contributed by atoms with E-state index in [-0.39, 0.29) is 11.9 Å². The van der Waals surface area contributed by atoms with Crippen molar-refractivity contribution in [3.8, 4) is 11.4 Å². The Bertz CT molecular complexity index is 1330. The predicted octanol–water partition coefficient (Wildman–Crippen LogP) is 4.81. The zero-order valence-electron chi connectivity index (χ0n) is 20.0. The minimum absolute atomic E-state index is 0.0109. The van der Waals surface area contributed by atoms with E-state index < -0.39 is 0 Å². The maximum absolute atomic E-state index is 12.7. The molecule has 1 N–H and O–H groups in total. The number of nitrogens with one attached hydrogen (secondary N) is 1. The lowest BCUT2D eigenvalue weighted by Gasteiger charge is -2.32. The molecule has 4 aromatic rings. The summed E-state index contributed by atoms with van der Waals surface area (Å²) < 4.78 is 8.28. The molecule has 0 radical (unpaired) electrons. The summed E-state index contributed by atoms with van der Waals surface area (Å²) in [4.78, 5) is 20.0. The molecule has 8 heteroatoms. The first-order chi connectivity index (χ1) is 16.4. The number of nitrogens with zero attached hydrogens (tertiary/aromatic N) is 4. The van der Waals surface area contributed by atoms with Crippen molar-refractivity contribution < 1.29 is 9.53 Å². The van der Waals surface area contributed by atoms with Gasteiger partial charge in [0.1, 0.15) is 5.75 Å². The topological polar surface area (TPSA) is 72.3 Å². The molecule has 1 aliphatic heterocycles. The van der Waals surface area contributed by atoms with Gasteiger partial charge in [0.2, 0.25) is 0 Å². The fourth-order valence-electron chi connectivity index (χ4n) is 4.33. The fraction of sp³-hybridized carbons (Fsp3) is 0.346. The quantitative estimate of drug-likeness (QED) is 0.448. The summed E-state index contributed by atoms with van der Waals surface area (Å²) in [5, 5.41) is 8.93. The van der Waals surface area contributed by atoms with Crippen molar-refractivity contribution in [2.24, 2.45) is 0 Å². The van der Waals surface area contributed by atoms with Crippen LogP contribution in [0.3, 0.4) is 0 Å². The number of hydrogen-bond acceptors (Lipinski definition) is 6. The number of amides is 1. The van der Waals surface area contributed by atoms with Crippen molar-refractivity contribution in [2.45, 2.75) is 39.7 Å². The maximum atomic E-state index is 12.7. The summed E-state index contributed by atoms with van der Waals surface area (Å²) in [6.07, 6.45) is 1.80. The summed E-state index contributed by atoms with van der Waals surface area (Å²) in [5.74, 6) is 0.826. The summed E-state index contributed by atoms with van der Waals surface area (Å²) in [5.41, 5.74) is 5.89. The Kier molecular flexibility index (Phi) is 6.00. The van der Waals surface area contributed by atoms with Crippen LogP contribution in [0.15, 0.2) is 42.5 Å². The number of benzene rings is 2. The standard InChI is InChI=1S/C26H29N5O2S/c1-16-5-6-19(15-17(16)2)25(32)27-20-11-13-30(14-12-20)26-28-24-23(34-26)18(3)29-31(24)21-7-9-22(33-4)10-8-21/h5-10,15,20H,11-14H2,1-4H3,(H,27,32). The van der Waals surface area contributed by atoms with E-state index in [0.29, 0.717) is 0 Å². The first-order valence-electron chi connectivity index (χ1n) is 11.6. The molecule has 0 bridgehead atoms. The van der Waals surface area contributed by atoms with Gasteiger partial charge in [0.25, 0.3) is 5.91 Å². The molecule has 2 aromatic carbocycles. The Morgan fingerprint density at radius 3 is 2.47 bits per heavy atom. The second-order valence-corrected chi connectivity index (χ2v) is 9.86. The van der Waals surface area contributed by atoms with Crippen molar-refractivity contribution in [3.05, 3.63) is 64.8 Å². The highest BCUT2D eigenvalue weighted by molar-refractivity contribution is 7.22. The Balaban J connectivity index is 1.27. The number of aryl methyl sites for hydroxylation is 3. The number of fused-ring (bicyclic) bond motifs is 1. The van der Waals surface area contributed by atoms with Gasteiger partial charge in [0, 0.05) is 24.7 Å². The number of ether oxygens (including phenoxy) is 1. The second-order valence-electron chi connectivity index (χ2n) is 8.88. The maximum Gasteiger partial charge on any atom is 0.251 e. The predicted molar refractivity (Wildman–Crippen MR) is 137 cm³/mol. The van der Waals surface area contributed by atoms with Gasteiger partial charge in [-0.25, -0.2) is 4.68 Å². The van der Waals surface area contributed by atoms with Crippen molar-refractivity contribution in [1.82, 2.24) is 20.1 Å². The number of aromatic nitrogens is 3. The van der Waals surface area contributed by atoms with E-state index in [9.17, 15) is 4.79 Å². The van der Waals surface area contributed by atoms with Crippen LogP contribution in [0.4, 0.5) is 5.13 Å². The third-order valence-corrected chi connectivity index (χ3v) is 7.78. The molecule has 34 heavy (non-hydrogen) atoms. The van der Waals surface area contributed by atoms with Crippen molar-refractivity contribution in [2.75, 3.05) is 25.1 Å². The van der Waals surface area contributed by atoms with Gasteiger partial charge >= 0.3 is 0 Å². The highest BCUT2D eigenvalue weighted by Crippen LogP contribution is 2.34. The summed E-state index contributed by atoms with van der Waals surface area (Å²) in [7, 11) is 1.66. The molecule has 3 heterocycles. The van der Waals surface area contributed by atoms with E-state index in [2.05, 4.69) is 17.1 Å². The molecular weight excluding hydrogens is 446 g/mol. The molecule has 1 aliphatic rings. The van der Waals surface area contributed by atoms with Gasteiger partial charge in [-0.1, -0.05) is 17.4 Å². The molecule has 0 spiro atoms. The van der Waals surface area contributed by atoms with Crippen molar-refractivity contribution in [3.63, 3.8) is 0 Å². The molecule has 1 fully saturated rings.